The zero-order chi connectivity index (χ0) is 14.8. The van der Waals surface area contributed by atoms with Gasteiger partial charge in [0.25, 0.3) is 0 Å². The van der Waals surface area contributed by atoms with Crippen LogP contribution in [0.1, 0.15) is 17.5 Å². The number of rotatable bonds is 3. The predicted octanol–water partition coefficient (Wildman–Crippen LogP) is 3.58. The summed E-state index contributed by atoms with van der Waals surface area (Å²) in [4.78, 5) is 4.24. The topological polar surface area (TPSA) is 64.9 Å². The van der Waals surface area contributed by atoms with E-state index in [9.17, 15) is 4.39 Å². The van der Waals surface area contributed by atoms with Crippen molar-refractivity contribution >= 4 is 11.6 Å². The van der Waals surface area contributed by atoms with Crippen molar-refractivity contribution in [3.8, 4) is 11.4 Å². The standard InChI is InChI=1S/C15H11ClFN3O/c16-12-4-2-1-3-11(12)13(18)15-19-14(20-21-15)9-5-7-10(17)8-6-9/h1-8,13H,18H2/t13-/m1/s1. The van der Waals surface area contributed by atoms with E-state index in [1.165, 1.54) is 12.1 Å². The van der Waals surface area contributed by atoms with Gasteiger partial charge in [-0.3, -0.25) is 0 Å². The SMILES string of the molecule is N[C@@H](c1nc(-c2ccc(F)cc2)no1)c1ccccc1Cl. The molecule has 3 aromatic rings. The van der Waals surface area contributed by atoms with Crippen molar-refractivity contribution in [3.63, 3.8) is 0 Å². The lowest BCUT2D eigenvalue weighted by molar-refractivity contribution is 0.367. The molecule has 2 N–H and O–H groups in total. The molecular weight excluding hydrogens is 293 g/mol. The van der Waals surface area contributed by atoms with Crippen LogP contribution < -0.4 is 5.73 Å². The molecule has 0 unspecified atom stereocenters. The minimum atomic E-state index is -0.611. The summed E-state index contributed by atoms with van der Waals surface area (Å²) in [6.45, 7) is 0. The Kier molecular flexibility index (Phi) is 3.68. The fourth-order valence-electron chi connectivity index (χ4n) is 1.94. The first kappa shape index (κ1) is 13.7. The first-order valence-corrected chi connectivity index (χ1v) is 6.62. The molecule has 0 radical (unpaired) electrons. The Morgan fingerprint density at radius 2 is 1.81 bits per heavy atom. The van der Waals surface area contributed by atoms with E-state index in [0.717, 1.165) is 0 Å². The zero-order valence-corrected chi connectivity index (χ0v) is 11.6. The van der Waals surface area contributed by atoms with Crippen LogP contribution in [0.3, 0.4) is 0 Å². The smallest absolute Gasteiger partial charge is 0.248 e. The van der Waals surface area contributed by atoms with E-state index in [1.54, 1.807) is 24.3 Å². The Morgan fingerprint density at radius 1 is 1.10 bits per heavy atom. The molecular formula is C15H11ClFN3O. The average Bonchev–Trinajstić information content (AvgIpc) is 2.98. The second-order valence-electron chi connectivity index (χ2n) is 4.46. The predicted molar refractivity (Wildman–Crippen MR) is 77.2 cm³/mol. The maximum absolute atomic E-state index is 12.9. The molecule has 0 amide bonds. The van der Waals surface area contributed by atoms with Gasteiger partial charge in [0.1, 0.15) is 11.9 Å². The zero-order valence-electron chi connectivity index (χ0n) is 10.8. The van der Waals surface area contributed by atoms with Crippen molar-refractivity contribution in [2.75, 3.05) is 0 Å². The molecule has 1 heterocycles. The quantitative estimate of drug-likeness (QED) is 0.803. The summed E-state index contributed by atoms with van der Waals surface area (Å²) in [5.74, 6) is 0.283. The van der Waals surface area contributed by atoms with Crippen LogP contribution in [-0.2, 0) is 0 Å². The maximum atomic E-state index is 12.9. The van der Waals surface area contributed by atoms with Crippen LogP contribution in [-0.4, -0.2) is 10.1 Å². The second-order valence-corrected chi connectivity index (χ2v) is 4.87. The summed E-state index contributed by atoms with van der Waals surface area (Å²) < 4.78 is 18.1. The molecule has 106 valence electrons. The third-order valence-corrected chi connectivity index (χ3v) is 3.39. The summed E-state index contributed by atoms with van der Waals surface area (Å²) >= 11 is 6.10. The van der Waals surface area contributed by atoms with Crippen molar-refractivity contribution < 1.29 is 8.91 Å². The molecule has 4 nitrogen and oxygen atoms in total. The van der Waals surface area contributed by atoms with Crippen LogP contribution in [0.5, 0.6) is 0 Å². The van der Waals surface area contributed by atoms with Gasteiger partial charge < -0.3 is 10.3 Å². The fraction of sp³-hybridized carbons (Fsp3) is 0.0667. The van der Waals surface area contributed by atoms with E-state index in [2.05, 4.69) is 10.1 Å². The number of halogens is 2. The van der Waals surface area contributed by atoms with Crippen molar-refractivity contribution in [2.45, 2.75) is 6.04 Å². The number of hydrogen-bond donors (Lipinski definition) is 1. The highest BCUT2D eigenvalue weighted by Gasteiger charge is 2.19. The van der Waals surface area contributed by atoms with Gasteiger partial charge in [0, 0.05) is 10.6 Å². The van der Waals surface area contributed by atoms with Crippen LogP contribution in [0.15, 0.2) is 53.1 Å². The molecule has 2 aromatic carbocycles. The van der Waals surface area contributed by atoms with E-state index in [1.807, 2.05) is 12.1 Å². The monoisotopic (exact) mass is 303 g/mol. The Hall–Kier alpha value is -2.24. The minimum Gasteiger partial charge on any atom is -0.337 e. The van der Waals surface area contributed by atoms with Gasteiger partial charge in [0.2, 0.25) is 11.7 Å². The van der Waals surface area contributed by atoms with E-state index >= 15 is 0 Å². The molecule has 0 aliphatic rings. The molecule has 6 heteroatoms. The van der Waals surface area contributed by atoms with Crippen molar-refractivity contribution in [1.82, 2.24) is 10.1 Å². The molecule has 21 heavy (non-hydrogen) atoms. The van der Waals surface area contributed by atoms with E-state index in [0.29, 0.717) is 22.0 Å². The van der Waals surface area contributed by atoms with Gasteiger partial charge in [-0.15, -0.1) is 0 Å². The lowest BCUT2D eigenvalue weighted by Gasteiger charge is -2.08. The third-order valence-electron chi connectivity index (χ3n) is 3.05. The summed E-state index contributed by atoms with van der Waals surface area (Å²) in [7, 11) is 0. The Labute approximate surface area is 125 Å². The molecule has 1 atom stereocenters. The molecule has 0 bridgehead atoms. The van der Waals surface area contributed by atoms with Crippen LogP contribution in [0, 0.1) is 5.82 Å². The highest BCUT2D eigenvalue weighted by atomic mass is 35.5. The molecule has 0 fully saturated rings. The summed E-state index contributed by atoms with van der Waals surface area (Å²) in [5.41, 5.74) is 7.44. The maximum Gasteiger partial charge on any atom is 0.248 e. The number of nitrogens with two attached hydrogens (primary N) is 1. The van der Waals surface area contributed by atoms with Gasteiger partial charge >= 0.3 is 0 Å². The third kappa shape index (κ3) is 2.79. The Morgan fingerprint density at radius 3 is 2.52 bits per heavy atom. The minimum absolute atomic E-state index is 0.252. The highest BCUT2D eigenvalue weighted by Crippen LogP contribution is 2.26. The molecule has 0 saturated carbocycles. The number of aromatic nitrogens is 2. The molecule has 0 spiro atoms. The molecule has 1 aromatic heterocycles. The van der Waals surface area contributed by atoms with Crippen LogP contribution >= 0.6 is 11.6 Å². The van der Waals surface area contributed by atoms with Gasteiger partial charge in [-0.05, 0) is 35.9 Å². The summed E-state index contributed by atoms with van der Waals surface area (Å²) in [5, 5.41) is 4.39. The van der Waals surface area contributed by atoms with Gasteiger partial charge in [-0.1, -0.05) is 35.0 Å². The first-order valence-electron chi connectivity index (χ1n) is 6.24. The van der Waals surface area contributed by atoms with Crippen molar-refractivity contribution in [3.05, 3.63) is 70.8 Å². The largest absolute Gasteiger partial charge is 0.337 e. The second kappa shape index (κ2) is 5.63. The molecule has 3 rings (SSSR count). The van der Waals surface area contributed by atoms with E-state index in [4.69, 9.17) is 21.9 Å². The fourth-order valence-corrected chi connectivity index (χ4v) is 2.19. The summed E-state index contributed by atoms with van der Waals surface area (Å²) in [6.07, 6.45) is 0. The number of benzene rings is 2. The lowest BCUT2D eigenvalue weighted by Crippen LogP contribution is -2.12. The van der Waals surface area contributed by atoms with Gasteiger partial charge in [0.05, 0.1) is 0 Å². The Bertz CT molecular complexity index is 758. The lowest BCUT2D eigenvalue weighted by atomic mass is 10.1. The normalized spacial score (nSPS) is 12.3. The highest BCUT2D eigenvalue weighted by molar-refractivity contribution is 6.31. The van der Waals surface area contributed by atoms with E-state index < -0.39 is 6.04 Å². The average molecular weight is 304 g/mol. The first-order chi connectivity index (χ1) is 10.1. The molecule has 0 saturated heterocycles. The molecule has 0 aliphatic carbocycles. The van der Waals surface area contributed by atoms with Crippen molar-refractivity contribution in [2.24, 2.45) is 5.73 Å². The van der Waals surface area contributed by atoms with E-state index in [-0.39, 0.29) is 11.7 Å². The Balaban J connectivity index is 1.91. The van der Waals surface area contributed by atoms with Crippen LogP contribution in [0.2, 0.25) is 5.02 Å². The van der Waals surface area contributed by atoms with Gasteiger partial charge in [-0.25, -0.2) is 4.39 Å². The number of hydrogen-bond acceptors (Lipinski definition) is 4. The van der Waals surface area contributed by atoms with Crippen LogP contribution in [0.4, 0.5) is 4.39 Å². The summed E-state index contributed by atoms with van der Waals surface area (Å²) in [6, 6.07) is 12.4. The van der Waals surface area contributed by atoms with Gasteiger partial charge in [-0.2, -0.15) is 4.98 Å². The molecule has 0 aliphatic heterocycles. The van der Waals surface area contributed by atoms with Crippen LogP contribution in [0.25, 0.3) is 11.4 Å². The van der Waals surface area contributed by atoms with Crippen molar-refractivity contribution in [1.29, 1.82) is 0 Å². The number of nitrogens with zero attached hydrogens (tertiary/aromatic N) is 2. The van der Waals surface area contributed by atoms with Gasteiger partial charge in [0.15, 0.2) is 0 Å².